The fourth-order valence-electron chi connectivity index (χ4n) is 4.49. The van der Waals surface area contributed by atoms with E-state index >= 15 is 0 Å². The van der Waals surface area contributed by atoms with Crippen LogP contribution < -0.4 is 33.8 Å². The second-order valence-corrected chi connectivity index (χ2v) is 9.82. The van der Waals surface area contributed by atoms with Gasteiger partial charge in [0.15, 0.2) is 27.8 Å². The third-order valence-electron chi connectivity index (χ3n) is 6.26. The summed E-state index contributed by atoms with van der Waals surface area (Å²) in [6.45, 7) is 9.82. The van der Waals surface area contributed by atoms with Gasteiger partial charge in [-0.1, -0.05) is 30.1 Å². The van der Waals surface area contributed by atoms with Crippen LogP contribution >= 0.6 is 11.3 Å². The number of phenolic OH excluding ortho intramolecular Hbond substituents is 1. The molecule has 0 aliphatic carbocycles. The first kappa shape index (κ1) is 29.5. The van der Waals surface area contributed by atoms with E-state index in [1.807, 2.05) is 6.92 Å². The summed E-state index contributed by atoms with van der Waals surface area (Å²) in [5.74, 6) is 0.666. The second kappa shape index (κ2) is 12.8. The first-order valence-corrected chi connectivity index (χ1v) is 13.7. The lowest BCUT2D eigenvalue weighted by Gasteiger charge is -2.25. The highest BCUT2D eigenvalue weighted by molar-refractivity contribution is 7.07. The summed E-state index contributed by atoms with van der Waals surface area (Å²) in [4.78, 5) is 32.2. The molecule has 0 radical (unpaired) electrons. The van der Waals surface area contributed by atoms with Gasteiger partial charge in [0.1, 0.15) is 6.61 Å². The number of hydrogen-bond acceptors (Lipinski definition) is 10. The number of nitrogens with zero attached hydrogens (tertiary/aromatic N) is 2. The fourth-order valence-corrected chi connectivity index (χ4v) is 5.53. The zero-order chi connectivity index (χ0) is 29.7. The van der Waals surface area contributed by atoms with Gasteiger partial charge < -0.3 is 28.8 Å². The first-order valence-electron chi connectivity index (χ1n) is 12.9. The predicted molar refractivity (Wildman–Crippen MR) is 155 cm³/mol. The number of carbonyl (C=O) groups is 1. The minimum absolute atomic E-state index is 0.145. The number of hydrogen-bond donors (Lipinski definition) is 1. The van der Waals surface area contributed by atoms with Gasteiger partial charge in [-0.05, 0) is 62.2 Å². The van der Waals surface area contributed by atoms with Crippen molar-refractivity contribution in [2.75, 3.05) is 34.0 Å². The van der Waals surface area contributed by atoms with E-state index in [1.165, 1.54) is 30.1 Å². The minimum atomic E-state index is -0.830. The van der Waals surface area contributed by atoms with E-state index in [9.17, 15) is 14.7 Å². The Kier molecular flexibility index (Phi) is 9.18. The van der Waals surface area contributed by atoms with Gasteiger partial charge in [-0.3, -0.25) is 9.36 Å². The van der Waals surface area contributed by atoms with Crippen LogP contribution in [0.4, 0.5) is 0 Å². The van der Waals surface area contributed by atoms with Crippen molar-refractivity contribution in [3.05, 3.63) is 85.1 Å². The summed E-state index contributed by atoms with van der Waals surface area (Å²) in [6, 6.07) is 7.66. The summed E-state index contributed by atoms with van der Waals surface area (Å²) in [5, 5.41) is 10.3. The van der Waals surface area contributed by atoms with Gasteiger partial charge in [0.05, 0.1) is 49.3 Å². The van der Waals surface area contributed by atoms with Crippen LogP contribution in [0.5, 0.6) is 28.7 Å². The average Bonchev–Trinajstić information content (AvgIpc) is 3.26. The molecular weight excluding hydrogens is 548 g/mol. The second-order valence-electron chi connectivity index (χ2n) is 8.82. The predicted octanol–water partition coefficient (Wildman–Crippen LogP) is 3.48. The Hall–Kier alpha value is -4.51. The van der Waals surface area contributed by atoms with Gasteiger partial charge in [0.2, 0.25) is 5.75 Å². The lowest BCUT2D eigenvalue weighted by molar-refractivity contribution is -0.139. The largest absolute Gasteiger partial charge is 0.502 e. The highest BCUT2D eigenvalue weighted by atomic mass is 32.1. The zero-order valence-electron chi connectivity index (χ0n) is 23.6. The number of fused-ring (bicyclic) bond motifs is 1. The third-order valence-corrected chi connectivity index (χ3v) is 7.24. The number of benzene rings is 2. The lowest BCUT2D eigenvalue weighted by atomic mass is 9.95. The number of esters is 1. The quantitative estimate of drug-likeness (QED) is 0.271. The Morgan fingerprint density at radius 3 is 2.39 bits per heavy atom. The van der Waals surface area contributed by atoms with Crippen molar-refractivity contribution < 1.29 is 33.6 Å². The number of thiazole rings is 1. The van der Waals surface area contributed by atoms with Crippen LogP contribution in [0.2, 0.25) is 0 Å². The molecule has 2 aromatic carbocycles. The number of carbonyl (C=O) groups excluding carboxylic acids is 1. The third kappa shape index (κ3) is 5.85. The molecule has 1 N–H and O–H groups in total. The molecule has 0 saturated carbocycles. The number of allylic oxidation sites excluding steroid dienone is 1. The van der Waals surface area contributed by atoms with Gasteiger partial charge in [-0.15, -0.1) is 0 Å². The Balaban J connectivity index is 1.95. The molecule has 1 aromatic heterocycles. The number of rotatable bonds is 11. The minimum Gasteiger partial charge on any atom is -0.502 e. The van der Waals surface area contributed by atoms with Crippen LogP contribution in [0.25, 0.3) is 6.08 Å². The molecule has 10 nitrogen and oxygen atoms in total. The number of phenols is 1. The molecule has 0 unspecified atom stereocenters. The molecule has 41 heavy (non-hydrogen) atoms. The molecule has 0 fully saturated rings. The Morgan fingerprint density at radius 1 is 1.07 bits per heavy atom. The van der Waals surface area contributed by atoms with Gasteiger partial charge in [-0.25, -0.2) is 9.79 Å². The molecule has 2 heterocycles. The molecule has 0 bridgehead atoms. The van der Waals surface area contributed by atoms with Crippen molar-refractivity contribution >= 4 is 23.4 Å². The zero-order valence-corrected chi connectivity index (χ0v) is 24.4. The summed E-state index contributed by atoms with van der Waals surface area (Å²) >= 11 is 1.18. The topological polar surface area (TPSA) is 118 Å². The van der Waals surface area contributed by atoms with E-state index < -0.39 is 12.0 Å². The van der Waals surface area contributed by atoms with Crippen LogP contribution in [-0.4, -0.2) is 49.7 Å². The molecule has 0 spiro atoms. The standard InChI is InChI=1S/C30H32N2O8S/c1-7-12-40-20-11-10-19(16-21(20)38-8-2)26-25(29(35)39-9-3)17(4)31-30-32(26)28(34)24(41-30)15-18-13-22(36-5)27(33)23(14-18)37-6/h7,10-11,13-16,26,33H,1,8-9,12H2,2-6H3/t26-/m0/s1. The molecule has 0 amide bonds. The maximum atomic E-state index is 14.0. The van der Waals surface area contributed by atoms with E-state index in [2.05, 4.69) is 11.6 Å². The number of methoxy groups -OCH3 is 2. The van der Waals surface area contributed by atoms with Crippen LogP contribution in [0, 0.1) is 0 Å². The lowest BCUT2D eigenvalue weighted by Crippen LogP contribution is -2.40. The number of aromatic nitrogens is 1. The normalized spacial score (nSPS) is 14.7. The van der Waals surface area contributed by atoms with Crippen LogP contribution in [0.1, 0.15) is 37.9 Å². The summed E-state index contributed by atoms with van der Waals surface area (Å²) < 4.78 is 29.3. The van der Waals surface area contributed by atoms with Crippen molar-refractivity contribution in [2.24, 2.45) is 4.99 Å². The Labute approximate surface area is 241 Å². The molecule has 1 aliphatic heterocycles. The van der Waals surface area contributed by atoms with Crippen LogP contribution in [0.15, 0.2) is 64.0 Å². The van der Waals surface area contributed by atoms with Crippen molar-refractivity contribution in [2.45, 2.75) is 26.8 Å². The smallest absolute Gasteiger partial charge is 0.338 e. The number of aromatic hydroxyl groups is 1. The van der Waals surface area contributed by atoms with Crippen molar-refractivity contribution in [1.29, 1.82) is 0 Å². The monoisotopic (exact) mass is 580 g/mol. The fraction of sp³-hybridized carbons (Fsp3) is 0.300. The molecule has 1 aliphatic rings. The highest BCUT2D eigenvalue weighted by Crippen LogP contribution is 2.38. The maximum absolute atomic E-state index is 14.0. The maximum Gasteiger partial charge on any atom is 0.338 e. The Bertz CT molecular complexity index is 1660. The van der Waals surface area contributed by atoms with E-state index in [0.717, 1.165) is 0 Å². The molecule has 0 saturated heterocycles. The first-order chi connectivity index (χ1) is 19.8. The summed E-state index contributed by atoms with van der Waals surface area (Å²) in [7, 11) is 2.85. The van der Waals surface area contributed by atoms with Gasteiger partial charge >= 0.3 is 5.97 Å². The van der Waals surface area contributed by atoms with E-state index in [-0.39, 0.29) is 41.6 Å². The highest BCUT2D eigenvalue weighted by Gasteiger charge is 2.34. The van der Waals surface area contributed by atoms with Crippen molar-refractivity contribution in [3.63, 3.8) is 0 Å². The SMILES string of the molecule is C=CCOc1ccc([C@H]2C(C(=O)OCC)=C(C)N=c3sc(=Cc4cc(OC)c(O)c(OC)c4)c(=O)n32)cc1OCC. The van der Waals surface area contributed by atoms with E-state index in [0.29, 0.717) is 44.3 Å². The molecule has 4 rings (SSSR count). The van der Waals surface area contributed by atoms with Gasteiger partial charge in [-0.2, -0.15) is 0 Å². The van der Waals surface area contributed by atoms with Crippen LogP contribution in [-0.2, 0) is 9.53 Å². The summed E-state index contributed by atoms with van der Waals surface area (Å²) in [5.41, 5.74) is 1.53. The van der Waals surface area contributed by atoms with Crippen molar-refractivity contribution in [1.82, 2.24) is 4.57 Å². The summed E-state index contributed by atoms with van der Waals surface area (Å²) in [6.07, 6.45) is 3.29. The molecular formula is C30H32N2O8S. The Morgan fingerprint density at radius 2 is 1.78 bits per heavy atom. The average molecular weight is 581 g/mol. The van der Waals surface area contributed by atoms with E-state index in [4.69, 9.17) is 23.7 Å². The van der Waals surface area contributed by atoms with Crippen LogP contribution in [0.3, 0.4) is 0 Å². The van der Waals surface area contributed by atoms with Gasteiger partial charge in [0, 0.05) is 0 Å². The number of ether oxygens (including phenoxy) is 5. The molecule has 11 heteroatoms. The molecule has 3 aromatic rings. The van der Waals surface area contributed by atoms with Crippen molar-refractivity contribution in [3.8, 4) is 28.7 Å². The molecule has 1 atom stereocenters. The van der Waals surface area contributed by atoms with Gasteiger partial charge in [0.25, 0.3) is 5.56 Å². The van der Waals surface area contributed by atoms with E-state index in [1.54, 1.807) is 56.3 Å². The molecule has 216 valence electrons.